The number of ether oxygens (including phenoxy) is 2. The van der Waals surface area contributed by atoms with Crippen LogP contribution >= 0.6 is 0 Å². The van der Waals surface area contributed by atoms with Crippen LogP contribution in [0.3, 0.4) is 0 Å². The molecule has 130 valence electrons. The Bertz CT molecular complexity index is 654. The summed E-state index contributed by atoms with van der Waals surface area (Å²) in [7, 11) is 1.27. The van der Waals surface area contributed by atoms with Crippen LogP contribution in [0.5, 0.6) is 5.75 Å². The zero-order valence-corrected chi connectivity index (χ0v) is 14.0. The van der Waals surface area contributed by atoms with Crippen molar-refractivity contribution in [1.82, 2.24) is 4.90 Å². The van der Waals surface area contributed by atoms with E-state index < -0.39 is 5.97 Å². The molecule has 1 aliphatic rings. The number of hydrogen-bond acceptors (Lipinski definition) is 6. The van der Waals surface area contributed by atoms with E-state index in [4.69, 9.17) is 14.6 Å². The van der Waals surface area contributed by atoms with Gasteiger partial charge in [0.2, 0.25) is 0 Å². The van der Waals surface area contributed by atoms with Crippen molar-refractivity contribution in [1.29, 1.82) is 0 Å². The minimum Gasteiger partial charge on any atom is -0.491 e. The molecule has 0 aliphatic carbocycles. The van der Waals surface area contributed by atoms with E-state index in [0.717, 1.165) is 0 Å². The molecule has 1 aromatic rings. The number of carbonyl (C=O) groups is 2. The van der Waals surface area contributed by atoms with Crippen molar-refractivity contribution >= 4 is 17.6 Å². The Hall–Kier alpha value is -2.54. The van der Waals surface area contributed by atoms with E-state index in [0.29, 0.717) is 11.4 Å². The zero-order valence-electron chi connectivity index (χ0n) is 14.0. The Kier molecular flexibility index (Phi) is 5.81. The molecule has 2 N–H and O–H groups in total. The highest BCUT2D eigenvalue weighted by atomic mass is 16.5. The molecule has 0 saturated heterocycles. The number of rotatable bonds is 7. The van der Waals surface area contributed by atoms with Gasteiger partial charge < -0.3 is 24.8 Å². The van der Waals surface area contributed by atoms with Crippen LogP contribution in [-0.4, -0.2) is 54.8 Å². The number of carbonyl (C=O) groups excluding carboxylic acids is 2. The summed E-state index contributed by atoms with van der Waals surface area (Å²) in [5.41, 5.74) is 1.03. The van der Waals surface area contributed by atoms with Gasteiger partial charge in [-0.2, -0.15) is 0 Å². The first-order valence-corrected chi connectivity index (χ1v) is 7.71. The summed E-state index contributed by atoms with van der Waals surface area (Å²) in [4.78, 5) is 25.8. The van der Waals surface area contributed by atoms with Gasteiger partial charge in [0.1, 0.15) is 11.4 Å². The van der Waals surface area contributed by atoms with Crippen LogP contribution in [0, 0.1) is 0 Å². The number of methoxy groups -OCH3 is 1. The molecule has 1 heterocycles. The van der Waals surface area contributed by atoms with Crippen LogP contribution in [0.4, 0.5) is 5.69 Å². The van der Waals surface area contributed by atoms with Gasteiger partial charge in [0.05, 0.1) is 31.9 Å². The van der Waals surface area contributed by atoms with Crippen LogP contribution in [0.2, 0.25) is 0 Å². The fraction of sp³-hybridized carbons (Fsp3) is 0.412. The van der Waals surface area contributed by atoms with Crippen LogP contribution in [-0.2, 0) is 14.3 Å². The molecule has 24 heavy (non-hydrogen) atoms. The molecule has 0 unspecified atom stereocenters. The normalized spacial score (nSPS) is 14.4. The second-order valence-electron chi connectivity index (χ2n) is 5.61. The van der Waals surface area contributed by atoms with Crippen molar-refractivity contribution in [3.05, 3.63) is 35.5 Å². The number of β-amino-alcohol motifs (C(OH)–C–C–N with tert-alkyl or cyclic N) is 1. The van der Waals surface area contributed by atoms with Gasteiger partial charge in [0.25, 0.3) is 5.91 Å². The van der Waals surface area contributed by atoms with E-state index in [9.17, 15) is 9.59 Å². The third kappa shape index (κ3) is 4.05. The molecular weight excluding hydrogens is 312 g/mol. The monoisotopic (exact) mass is 334 g/mol. The summed E-state index contributed by atoms with van der Waals surface area (Å²) in [6.07, 6.45) is 0.0262. The fourth-order valence-electron chi connectivity index (χ4n) is 2.41. The smallest absolute Gasteiger partial charge is 0.337 e. The van der Waals surface area contributed by atoms with Gasteiger partial charge in [-0.25, -0.2) is 4.79 Å². The van der Waals surface area contributed by atoms with Crippen molar-refractivity contribution in [3.8, 4) is 5.75 Å². The molecular formula is C17H22N2O5. The van der Waals surface area contributed by atoms with Crippen molar-refractivity contribution < 1.29 is 24.2 Å². The molecule has 1 aliphatic heterocycles. The Morgan fingerprint density at radius 2 is 2.17 bits per heavy atom. The minimum absolute atomic E-state index is 0.0262. The van der Waals surface area contributed by atoms with E-state index in [-0.39, 0.29) is 43.0 Å². The predicted molar refractivity (Wildman–Crippen MR) is 88.5 cm³/mol. The first kappa shape index (κ1) is 17.8. The van der Waals surface area contributed by atoms with Crippen molar-refractivity contribution in [2.75, 3.05) is 32.1 Å². The van der Waals surface area contributed by atoms with E-state index >= 15 is 0 Å². The Morgan fingerprint density at radius 3 is 2.79 bits per heavy atom. The average molecular weight is 334 g/mol. The summed E-state index contributed by atoms with van der Waals surface area (Å²) >= 11 is 0. The number of esters is 1. The van der Waals surface area contributed by atoms with E-state index in [2.05, 4.69) is 5.32 Å². The Labute approximate surface area is 140 Å². The summed E-state index contributed by atoms with van der Waals surface area (Å²) in [6, 6.07) is 7.14. The van der Waals surface area contributed by atoms with Gasteiger partial charge in [-0.05, 0) is 26.0 Å². The Morgan fingerprint density at radius 1 is 1.42 bits per heavy atom. The number of benzene rings is 1. The fourth-order valence-corrected chi connectivity index (χ4v) is 2.41. The molecule has 0 fully saturated rings. The van der Waals surface area contributed by atoms with E-state index in [1.54, 1.807) is 18.2 Å². The van der Waals surface area contributed by atoms with Gasteiger partial charge in [-0.3, -0.25) is 4.79 Å². The first-order valence-electron chi connectivity index (χ1n) is 7.71. The van der Waals surface area contributed by atoms with Gasteiger partial charge in [-0.15, -0.1) is 0 Å². The molecule has 1 aromatic carbocycles. The molecule has 7 nitrogen and oxygen atoms in total. The lowest BCUT2D eigenvalue weighted by Crippen LogP contribution is -2.31. The van der Waals surface area contributed by atoms with Crippen LogP contribution in [0.25, 0.3) is 0 Å². The predicted octanol–water partition coefficient (Wildman–Crippen LogP) is 1.15. The number of nitrogens with one attached hydrogen (secondary N) is 1. The highest BCUT2D eigenvalue weighted by molar-refractivity contribution is 6.08. The molecule has 0 spiro atoms. The highest BCUT2D eigenvalue weighted by Crippen LogP contribution is 2.25. The minimum atomic E-state index is -0.569. The maximum absolute atomic E-state index is 12.4. The standard InChI is InChI=1S/C17H22N2O5/c1-11(2)24-13-6-4-5-12(9-13)18-15-14(17(22)23-3)10-19(7-8-20)16(15)21/h4-6,9,11,18,20H,7-8,10H2,1-3H3. The molecule has 1 amide bonds. The molecule has 7 heteroatoms. The average Bonchev–Trinajstić information content (AvgIpc) is 2.84. The topological polar surface area (TPSA) is 88.1 Å². The SMILES string of the molecule is COC(=O)C1=C(Nc2cccc(OC(C)C)c2)C(=O)N(CCO)C1. The lowest BCUT2D eigenvalue weighted by Gasteiger charge is -2.15. The van der Waals surface area contributed by atoms with Crippen molar-refractivity contribution in [2.24, 2.45) is 0 Å². The lowest BCUT2D eigenvalue weighted by molar-refractivity contribution is -0.136. The summed E-state index contributed by atoms with van der Waals surface area (Å²) in [5.74, 6) is -0.256. The summed E-state index contributed by atoms with van der Waals surface area (Å²) < 4.78 is 10.4. The largest absolute Gasteiger partial charge is 0.491 e. The van der Waals surface area contributed by atoms with Crippen LogP contribution < -0.4 is 10.1 Å². The van der Waals surface area contributed by atoms with Gasteiger partial charge >= 0.3 is 5.97 Å². The quantitative estimate of drug-likeness (QED) is 0.727. The highest BCUT2D eigenvalue weighted by Gasteiger charge is 2.34. The Balaban J connectivity index is 2.27. The number of amides is 1. The number of anilines is 1. The van der Waals surface area contributed by atoms with Gasteiger partial charge in [0, 0.05) is 18.3 Å². The molecule has 0 saturated carbocycles. The van der Waals surface area contributed by atoms with E-state index in [1.807, 2.05) is 19.9 Å². The third-order valence-electron chi connectivity index (χ3n) is 3.43. The van der Waals surface area contributed by atoms with E-state index in [1.165, 1.54) is 12.0 Å². The number of hydrogen-bond donors (Lipinski definition) is 2. The molecule has 0 bridgehead atoms. The summed E-state index contributed by atoms with van der Waals surface area (Å²) in [6.45, 7) is 3.93. The third-order valence-corrected chi connectivity index (χ3v) is 3.43. The molecule has 0 radical (unpaired) electrons. The maximum atomic E-state index is 12.4. The first-order chi connectivity index (χ1) is 11.5. The van der Waals surface area contributed by atoms with Crippen LogP contribution in [0.1, 0.15) is 13.8 Å². The maximum Gasteiger partial charge on any atom is 0.337 e. The molecule has 2 rings (SSSR count). The molecule has 0 aromatic heterocycles. The van der Waals surface area contributed by atoms with Crippen LogP contribution in [0.15, 0.2) is 35.5 Å². The van der Waals surface area contributed by atoms with Gasteiger partial charge in [-0.1, -0.05) is 6.07 Å². The van der Waals surface area contributed by atoms with Crippen molar-refractivity contribution in [3.63, 3.8) is 0 Å². The zero-order chi connectivity index (χ0) is 17.7. The number of aliphatic hydroxyl groups is 1. The lowest BCUT2D eigenvalue weighted by atomic mass is 10.2. The molecule has 0 atom stereocenters. The van der Waals surface area contributed by atoms with Gasteiger partial charge in [0.15, 0.2) is 0 Å². The summed E-state index contributed by atoms with van der Waals surface area (Å²) in [5, 5.41) is 12.0. The number of aliphatic hydroxyl groups excluding tert-OH is 1. The van der Waals surface area contributed by atoms with Crippen molar-refractivity contribution in [2.45, 2.75) is 20.0 Å². The number of nitrogens with zero attached hydrogens (tertiary/aromatic N) is 1. The second kappa shape index (κ2) is 7.83. The second-order valence-corrected chi connectivity index (χ2v) is 5.61.